The summed E-state index contributed by atoms with van der Waals surface area (Å²) in [5.41, 5.74) is 1.14. The monoisotopic (exact) mass is 286 g/mol. The van der Waals surface area contributed by atoms with Crippen molar-refractivity contribution in [2.75, 3.05) is 13.1 Å². The molecule has 0 spiro atoms. The Kier molecular flexibility index (Phi) is 4.14. The highest BCUT2D eigenvalue weighted by Crippen LogP contribution is 2.33. The summed E-state index contributed by atoms with van der Waals surface area (Å²) in [4.78, 5) is 4.37. The summed E-state index contributed by atoms with van der Waals surface area (Å²) in [6, 6.07) is 8.39. The molecule has 0 aliphatic rings. The highest BCUT2D eigenvalue weighted by Gasteiger charge is 2.11. The maximum atomic E-state index is 5.87. The van der Waals surface area contributed by atoms with E-state index in [1.54, 1.807) is 11.3 Å². The molecular formula is C16H18N2OS. The van der Waals surface area contributed by atoms with Gasteiger partial charge in [0.25, 0.3) is 0 Å². The lowest BCUT2D eigenvalue weighted by Crippen LogP contribution is -2.17. The molecule has 1 aromatic carbocycles. The van der Waals surface area contributed by atoms with Crippen molar-refractivity contribution >= 4 is 21.4 Å². The standard InChI is InChI=1S/C16H18N2OS/c1-2-8-17-9-7-16-18-10-14(19-16)13-11-20-15-6-4-3-5-12(13)15/h3-6,10-11,17H,2,7-9H2,1H3. The van der Waals surface area contributed by atoms with E-state index in [1.807, 2.05) is 6.20 Å². The van der Waals surface area contributed by atoms with Crippen molar-refractivity contribution in [2.24, 2.45) is 0 Å². The fraction of sp³-hybridized carbons (Fsp3) is 0.312. The molecule has 3 nitrogen and oxygen atoms in total. The van der Waals surface area contributed by atoms with E-state index in [2.05, 4.69) is 46.9 Å². The van der Waals surface area contributed by atoms with Gasteiger partial charge in [-0.1, -0.05) is 25.1 Å². The topological polar surface area (TPSA) is 38.1 Å². The second-order valence-corrected chi connectivity index (χ2v) is 5.68. The lowest BCUT2D eigenvalue weighted by Gasteiger charge is -1.99. The van der Waals surface area contributed by atoms with Crippen LogP contribution in [-0.4, -0.2) is 18.1 Å². The minimum Gasteiger partial charge on any atom is -0.441 e. The predicted octanol–water partition coefficient (Wildman–Crippen LogP) is 4.10. The van der Waals surface area contributed by atoms with Crippen LogP contribution in [0.5, 0.6) is 0 Å². The third kappa shape index (κ3) is 2.76. The Balaban J connectivity index is 1.76. The van der Waals surface area contributed by atoms with Gasteiger partial charge in [-0.2, -0.15) is 0 Å². The lowest BCUT2D eigenvalue weighted by atomic mass is 10.1. The number of hydrogen-bond acceptors (Lipinski definition) is 4. The molecular weight excluding hydrogens is 268 g/mol. The third-order valence-corrected chi connectivity index (χ3v) is 4.21. The van der Waals surface area contributed by atoms with Crippen LogP contribution in [0, 0.1) is 0 Å². The smallest absolute Gasteiger partial charge is 0.196 e. The van der Waals surface area contributed by atoms with Gasteiger partial charge in [-0.25, -0.2) is 4.98 Å². The molecule has 3 rings (SSSR count). The van der Waals surface area contributed by atoms with Crippen molar-refractivity contribution in [3.05, 3.63) is 41.7 Å². The number of nitrogens with one attached hydrogen (secondary N) is 1. The number of oxazole rings is 1. The molecule has 0 bridgehead atoms. The maximum absolute atomic E-state index is 5.87. The van der Waals surface area contributed by atoms with Gasteiger partial charge in [0.2, 0.25) is 0 Å². The van der Waals surface area contributed by atoms with E-state index in [0.29, 0.717) is 0 Å². The average molecular weight is 286 g/mol. The Morgan fingerprint density at radius 3 is 3.05 bits per heavy atom. The lowest BCUT2D eigenvalue weighted by molar-refractivity contribution is 0.495. The highest BCUT2D eigenvalue weighted by molar-refractivity contribution is 7.17. The summed E-state index contributed by atoms with van der Waals surface area (Å²) in [6.45, 7) is 4.12. The summed E-state index contributed by atoms with van der Waals surface area (Å²) < 4.78 is 7.15. The van der Waals surface area contributed by atoms with E-state index in [9.17, 15) is 0 Å². The van der Waals surface area contributed by atoms with Crippen LogP contribution < -0.4 is 5.32 Å². The van der Waals surface area contributed by atoms with Gasteiger partial charge in [-0.05, 0) is 19.0 Å². The van der Waals surface area contributed by atoms with Crippen molar-refractivity contribution < 1.29 is 4.42 Å². The van der Waals surface area contributed by atoms with Gasteiger partial charge in [0.05, 0.1) is 6.20 Å². The second-order valence-electron chi connectivity index (χ2n) is 4.76. The van der Waals surface area contributed by atoms with E-state index in [4.69, 9.17) is 4.42 Å². The Labute approximate surface area is 122 Å². The van der Waals surface area contributed by atoms with Crippen molar-refractivity contribution in [1.29, 1.82) is 0 Å². The van der Waals surface area contributed by atoms with Crippen LogP contribution >= 0.6 is 11.3 Å². The fourth-order valence-corrected chi connectivity index (χ4v) is 3.17. The van der Waals surface area contributed by atoms with Crippen LogP contribution in [0.1, 0.15) is 19.2 Å². The van der Waals surface area contributed by atoms with Gasteiger partial charge in [-0.15, -0.1) is 11.3 Å². The number of nitrogens with zero attached hydrogens (tertiary/aromatic N) is 1. The number of fused-ring (bicyclic) bond motifs is 1. The van der Waals surface area contributed by atoms with Crippen LogP contribution in [0.15, 0.2) is 40.3 Å². The molecule has 0 radical (unpaired) electrons. The van der Waals surface area contributed by atoms with Crippen molar-refractivity contribution in [2.45, 2.75) is 19.8 Å². The van der Waals surface area contributed by atoms with E-state index in [1.165, 1.54) is 10.1 Å². The number of benzene rings is 1. The molecule has 0 aliphatic heterocycles. The van der Waals surface area contributed by atoms with Gasteiger partial charge < -0.3 is 9.73 Å². The predicted molar refractivity (Wildman–Crippen MR) is 84.2 cm³/mol. The van der Waals surface area contributed by atoms with Crippen LogP contribution in [-0.2, 0) is 6.42 Å². The van der Waals surface area contributed by atoms with Gasteiger partial charge in [0.15, 0.2) is 11.7 Å². The van der Waals surface area contributed by atoms with Crippen molar-refractivity contribution in [3.63, 3.8) is 0 Å². The number of aromatic nitrogens is 1. The van der Waals surface area contributed by atoms with Gasteiger partial charge in [-0.3, -0.25) is 0 Å². The zero-order chi connectivity index (χ0) is 13.8. The average Bonchev–Trinajstić information content (AvgIpc) is 3.10. The summed E-state index contributed by atoms with van der Waals surface area (Å²) in [5, 5.41) is 6.74. The normalized spacial score (nSPS) is 11.2. The summed E-state index contributed by atoms with van der Waals surface area (Å²) in [6.07, 6.45) is 3.82. The van der Waals surface area contributed by atoms with Crippen LogP contribution in [0.4, 0.5) is 0 Å². The van der Waals surface area contributed by atoms with Crippen molar-refractivity contribution in [1.82, 2.24) is 10.3 Å². The van der Waals surface area contributed by atoms with Gasteiger partial charge >= 0.3 is 0 Å². The molecule has 0 amide bonds. The summed E-state index contributed by atoms with van der Waals surface area (Å²) >= 11 is 1.74. The second kappa shape index (κ2) is 6.20. The molecule has 0 atom stereocenters. The van der Waals surface area contributed by atoms with Crippen LogP contribution in [0.25, 0.3) is 21.4 Å². The van der Waals surface area contributed by atoms with E-state index >= 15 is 0 Å². The first-order valence-electron chi connectivity index (χ1n) is 7.00. The number of hydrogen-bond donors (Lipinski definition) is 1. The first-order chi connectivity index (χ1) is 9.88. The van der Waals surface area contributed by atoms with Crippen molar-refractivity contribution in [3.8, 4) is 11.3 Å². The van der Waals surface area contributed by atoms with Crippen LogP contribution in [0.3, 0.4) is 0 Å². The van der Waals surface area contributed by atoms with Gasteiger partial charge in [0.1, 0.15) is 0 Å². The molecule has 0 fully saturated rings. The fourth-order valence-electron chi connectivity index (χ4n) is 2.22. The van der Waals surface area contributed by atoms with Gasteiger partial charge in [0, 0.05) is 34.0 Å². The molecule has 3 aromatic rings. The molecule has 20 heavy (non-hydrogen) atoms. The molecule has 0 saturated heterocycles. The Morgan fingerprint density at radius 1 is 1.25 bits per heavy atom. The van der Waals surface area contributed by atoms with E-state index in [0.717, 1.165) is 43.1 Å². The Morgan fingerprint density at radius 2 is 2.15 bits per heavy atom. The zero-order valence-corrected chi connectivity index (χ0v) is 12.4. The molecule has 0 aliphatic carbocycles. The molecule has 104 valence electrons. The number of rotatable bonds is 6. The summed E-state index contributed by atoms with van der Waals surface area (Å²) in [5.74, 6) is 1.67. The first-order valence-corrected chi connectivity index (χ1v) is 7.88. The first kappa shape index (κ1) is 13.3. The minimum absolute atomic E-state index is 0.805. The molecule has 2 aromatic heterocycles. The van der Waals surface area contributed by atoms with Crippen LogP contribution in [0.2, 0.25) is 0 Å². The number of thiophene rings is 1. The molecule has 2 heterocycles. The molecule has 1 N–H and O–H groups in total. The quantitative estimate of drug-likeness (QED) is 0.693. The minimum atomic E-state index is 0.805. The SMILES string of the molecule is CCCNCCc1ncc(-c2csc3ccccc23)o1. The molecule has 0 saturated carbocycles. The molecule has 0 unspecified atom stereocenters. The third-order valence-electron chi connectivity index (χ3n) is 3.24. The Hall–Kier alpha value is -1.65. The Bertz CT molecular complexity index is 686. The van der Waals surface area contributed by atoms with E-state index in [-0.39, 0.29) is 0 Å². The maximum Gasteiger partial charge on any atom is 0.196 e. The largest absolute Gasteiger partial charge is 0.441 e. The molecule has 4 heteroatoms. The summed E-state index contributed by atoms with van der Waals surface area (Å²) in [7, 11) is 0. The zero-order valence-electron chi connectivity index (χ0n) is 11.6. The van der Waals surface area contributed by atoms with E-state index < -0.39 is 0 Å². The highest BCUT2D eigenvalue weighted by atomic mass is 32.1.